The van der Waals surface area contributed by atoms with Gasteiger partial charge in [-0.1, -0.05) is 12.1 Å². The Labute approximate surface area is 135 Å². The van der Waals surface area contributed by atoms with Crippen molar-refractivity contribution in [2.24, 2.45) is 0 Å². The van der Waals surface area contributed by atoms with Gasteiger partial charge in [0.2, 0.25) is 0 Å². The normalized spacial score (nSPS) is 14.9. The summed E-state index contributed by atoms with van der Waals surface area (Å²) >= 11 is 0. The van der Waals surface area contributed by atoms with Gasteiger partial charge >= 0.3 is 0 Å². The van der Waals surface area contributed by atoms with Crippen molar-refractivity contribution < 1.29 is 4.79 Å². The van der Waals surface area contributed by atoms with Crippen molar-refractivity contribution in [3.63, 3.8) is 0 Å². The second-order valence-corrected chi connectivity index (χ2v) is 4.74. The number of hydrogen-bond acceptors (Lipinski definition) is 4. The van der Waals surface area contributed by atoms with Crippen LogP contribution < -0.4 is 10.6 Å². The Hall–Kier alpha value is -1.43. The zero-order chi connectivity index (χ0) is 13.1. The predicted molar refractivity (Wildman–Crippen MR) is 87.4 cm³/mol. The maximum absolute atomic E-state index is 12.1. The summed E-state index contributed by atoms with van der Waals surface area (Å²) in [4.78, 5) is 20.7. The van der Waals surface area contributed by atoms with Gasteiger partial charge in [-0.3, -0.25) is 9.78 Å². The molecule has 2 N–H and O–H groups in total. The van der Waals surface area contributed by atoms with E-state index in [0.717, 1.165) is 37.0 Å². The number of amides is 1. The predicted octanol–water partition coefficient (Wildman–Crippen LogP) is 1.96. The summed E-state index contributed by atoms with van der Waals surface area (Å²) in [6.45, 7) is 1.91. The average molecular weight is 329 g/mol. The minimum Gasteiger partial charge on any atom is -0.348 e. The van der Waals surface area contributed by atoms with Gasteiger partial charge in [0.1, 0.15) is 5.69 Å². The van der Waals surface area contributed by atoms with E-state index in [1.54, 1.807) is 6.20 Å². The molecule has 2 aromatic rings. The monoisotopic (exact) mass is 328 g/mol. The first kappa shape index (κ1) is 17.6. The first-order chi connectivity index (χ1) is 9.33. The summed E-state index contributed by atoms with van der Waals surface area (Å²) in [6.07, 6.45) is 3.47. The van der Waals surface area contributed by atoms with Crippen LogP contribution in [0.5, 0.6) is 0 Å². The maximum Gasteiger partial charge on any atom is 0.271 e. The van der Waals surface area contributed by atoms with E-state index in [0.29, 0.717) is 5.69 Å². The first-order valence-electron chi connectivity index (χ1n) is 6.56. The number of halogens is 2. The third-order valence-corrected chi connectivity index (χ3v) is 3.36. The molecule has 1 aromatic heterocycles. The summed E-state index contributed by atoms with van der Waals surface area (Å²) in [5, 5.41) is 6.29. The van der Waals surface area contributed by atoms with E-state index in [4.69, 9.17) is 0 Å². The van der Waals surface area contributed by atoms with Crippen LogP contribution in [0.2, 0.25) is 0 Å². The first-order valence-corrected chi connectivity index (χ1v) is 6.56. The van der Waals surface area contributed by atoms with E-state index < -0.39 is 0 Å². The van der Waals surface area contributed by atoms with Gasteiger partial charge in [0, 0.05) is 6.04 Å². The van der Waals surface area contributed by atoms with Crippen LogP contribution in [-0.2, 0) is 0 Å². The highest BCUT2D eigenvalue weighted by molar-refractivity contribution is 5.93. The molecular weight excluding hydrogens is 311 g/mol. The molecule has 1 aromatic carbocycles. The number of nitrogens with one attached hydrogen (secondary N) is 2. The van der Waals surface area contributed by atoms with Crippen molar-refractivity contribution in [2.75, 3.05) is 13.1 Å². The van der Waals surface area contributed by atoms with Crippen molar-refractivity contribution >= 4 is 41.8 Å². The van der Waals surface area contributed by atoms with Crippen LogP contribution in [0.3, 0.4) is 0 Å². The Kier molecular flexibility index (Phi) is 6.81. The summed E-state index contributed by atoms with van der Waals surface area (Å²) in [7, 11) is 0. The zero-order valence-electron chi connectivity index (χ0n) is 11.4. The number of hydrogen-bond donors (Lipinski definition) is 2. The molecule has 0 aliphatic carbocycles. The van der Waals surface area contributed by atoms with Crippen LogP contribution in [0, 0.1) is 0 Å². The molecule has 0 atom stereocenters. The Bertz CT molecular complexity index is 602. The molecule has 21 heavy (non-hydrogen) atoms. The molecule has 0 spiro atoms. The fourth-order valence-electron chi connectivity index (χ4n) is 2.29. The Morgan fingerprint density at radius 1 is 1.14 bits per heavy atom. The number of carbonyl (C=O) groups is 1. The molecule has 0 unspecified atom stereocenters. The van der Waals surface area contributed by atoms with Gasteiger partial charge < -0.3 is 10.6 Å². The maximum atomic E-state index is 12.1. The smallest absolute Gasteiger partial charge is 0.271 e. The molecule has 1 amide bonds. The van der Waals surface area contributed by atoms with E-state index in [1.165, 1.54) is 0 Å². The summed E-state index contributed by atoms with van der Waals surface area (Å²) < 4.78 is 0. The lowest BCUT2D eigenvalue weighted by atomic mass is 10.1. The van der Waals surface area contributed by atoms with Gasteiger partial charge in [0.05, 0.1) is 17.2 Å². The number of piperidine rings is 1. The summed E-state index contributed by atoms with van der Waals surface area (Å²) in [6, 6.07) is 7.79. The van der Waals surface area contributed by atoms with E-state index in [2.05, 4.69) is 20.6 Å². The second-order valence-electron chi connectivity index (χ2n) is 4.74. The number of aromatic nitrogens is 2. The number of para-hydroxylation sites is 2. The van der Waals surface area contributed by atoms with Crippen molar-refractivity contribution in [1.82, 2.24) is 20.6 Å². The molecule has 7 heteroatoms. The van der Waals surface area contributed by atoms with Gasteiger partial charge in [-0.15, -0.1) is 24.8 Å². The van der Waals surface area contributed by atoms with Gasteiger partial charge in [-0.05, 0) is 38.1 Å². The molecule has 0 bridgehead atoms. The lowest BCUT2D eigenvalue weighted by Crippen LogP contribution is -2.42. The van der Waals surface area contributed by atoms with Gasteiger partial charge in [-0.25, -0.2) is 4.98 Å². The Morgan fingerprint density at radius 2 is 1.81 bits per heavy atom. The van der Waals surface area contributed by atoms with Crippen LogP contribution in [-0.4, -0.2) is 35.0 Å². The fraction of sp³-hybridized carbons (Fsp3) is 0.357. The lowest BCUT2D eigenvalue weighted by Gasteiger charge is -2.23. The number of fused-ring (bicyclic) bond motifs is 1. The molecule has 1 aliphatic rings. The third kappa shape index (κ3) is 4.27. The molecule has 2 heterocycles. The van der Waals surface area contributed by atoms with E-state index in [-0.39, 0.29) is 36.8 Å². The van der Waals surface area contributed by atoms with Crippen molar-refractivity contribution in [2.45, 2.75) is 18.9 Å². The molecule has 1 saturated heterocycles. The molecule has 1 fully saturated rings. The second kappa shape index (κ2) is 8.12. The zero-order valence-corrected chi connectivity index (χ0v) is 13.0. The van der Waals surface area contributed by atoms with Gasteiger partial charge in [0.25, 0.3) is 5.91 Å². The van der Waals surface area contributed by atoms with Gasteiger partial charge in [0.15, 0.2) is 0 Å². The van der Waals surface area contributed by atoms with Gasteiger partial charge in [-0.2, -0.15) is 0 Å². The minimum absolute atomic E-state index is 0. The average Bonchev–Trinajstić information content (AvgIpc) is 2.48. The number of benzene rings is 1. The van der Waals surface area contributed by atoms with Crippen LogP contribution in [0.4, 0.5) is 0 Å². The lowest BCUT2D eigenvalue weighted by molar-refractivity contribution is 0.0924. The van der Waals surface area contributed by atoms with E-state index in [1.807, 2.05) is 24.3 Å². The number of carbonyl (C=O) groups excluding carboxylic acids is 1. The largest absolute Gasteiger partial charge is 0.348 e. The number of nitrogens with zero attached hydrogens (tertiary/aromatic N) is 2. The van der Waals surface area contributed by atoms with E-state index >= 15 is 0 Å². The quantitative estimate of drug-likeness (QED) is 0.884. The van der Waals surface area contributed by atoms with Crippen molar-refractivity contribution in [3.8, 4) is 0 Å². The molecule has 114 valence electrons. The van der Waals surface area contributed by atoms with Crippen molar-refractivity contribution in [3.05, 3.63) is 36.2 Å². The molecular formula is C14H18Cl2N4O. The number of rotatable bonds is 2. The fourth-order valence-corrected chi connectivity index (χ4v) is 2.29. The Balaban J connectivity index is 0.00000110. The molecule has 5 nitrogen and oxygen atoms in total. The summed E-state index contributed by atoms with van der Waals surface area (Å²) in [5.74, 6) is -0.134. The van der Waals surface area contributed by atoms with Crippen molar-refractivity contribution in [1.29, 1.82) is 0 Å². The van der Waals surface area contributed by atoms with Crippen LogP contribution >= 0.6 is 24.8 Å². The summed E-state index contributed by atoms with van der Waals surface area (Å²) in [5.41, 5.74) is 1.94. The Morgan fingerprint density at radius 3 is 2.52 bits per heavy atom. The molecule has 0 saturated carbocycles. The van der Waals surface area contributed by atoms with Crippen LogP contribution in [0.1, 0.15) is 23.3 Å². The SMILES string of the molecule is Cl.Cl.O=C(NC1CCNCC1)c1cnc2ccccc2n1. The molecule has 0 radical (unpaired) electrons. The topological polar surface area (TPSA) is 66.9 Å². The van der Waals surface area contributed by atoms with Crippen LogP contribution in [0.25, 0.3) is 11.0 Å². The highest BCUT2D eigenvalue weighted by atomic mass is 35.5. The highest BCUT2D eigenvalue weighted by Crippen LogP contribution is 2.09. The van der Waals surface area contributed by atoms with Crippen LogP contribution in [0.15, 0.2) is 30.5 Å². The molecule has 1 aliphatic heterocycles. The third-order valence-electron chi connectivity index (χ3n) is 3.36. The molecule has 3 rings (SSSR count). The minimum atomic E-state index is -0.134. The highest BCUT2D eigenvalue weighted by Gasteiger charge is 2.17. The standard InChI is InChI=1S/C14H16N4O.2ClH/c19-14(17-10-5-7-15-8-6-10)13-9-16-11-3-1-2-4-12(11)18-13;;/h1-4,9-10,15H,5-8H2,(H,17,19);2*1H. The van der Waals surface area contributed by atoms with E-state index in [9.17, 15) is 4.79 Å².